The minimum absolute atomic E-state index is 0.233. The Labute approximate surface area is 205 Å². The number of thiophene rings is 1. The molecule has 0 amide bonds. The molecule has 0 spiro atoms. The third-order valence-electron chi connectivity index (χ3n) is 6.97. The highest BCUT2D eigenvalue weighted by molar-refractivity contribution is 7.22. The van der Waals surface area contributed by atoms with Crippen LogP contribution in [0.15, 0.2) is 48.9 Å². The van der Waals surface area contributed by atoms with E-state index in [1.807, 2.05) is 18.5 Å². The lowest BCUT2D eigenvalue weighted by atomic mass is 10.1. The highest BCUT2D eigenvalue weighted by Crippen LogP contribution is 2.41. The minimum atomic E-state index is -0.233. The molecule has 0 aliphatic carbocycles. The number of benzene rings is 1. The first-order valence-corrected chi connectivity index (χ1v) is 12.8. The van der Waals surface area contributed by atoms with Crippen LogP contribution in [0.4, 0.5) is 10.2 Å². The monoisotopic (exact) mass is 488 g/mol. The maximum Gasteiger partial charge on any atom is 0.137 e. The van der Waals surface area contributed by atoms with Gasteiger partial charge in [-0.3, -0.25) is 4.90 Å². The van der Waals surface area contributed by atoms with Crippen molar-refractivity contribution in [1.82, 2.24) is 24.4 Å². The molecule has 0 saturated carbocycles. The average Bonchev–Trinajstić information content (AvgIpc) is 3.62. The van der Waals surface area contributed by atoms with Gasteiger partial charge in [0, 0.05) is 82.7 Å². The molecule has 5 aromatic rings. The number of pyridine rings is 1. The number of aromatic nitrogens is 4. The van der Waals surface area contributed by atoms with Crippen LogP contribution >= 0.6 is 11.3 Å². The second kappa shape index (κ2) is 8.44. The zero-order valence-electron chi connectivity index (χ0n) is 19.2. The lowest BCUT2D eigenvalue weighted by Crippen LogP contribution is -2.37. The van der Waals surface area contributed by atoms with Crippen molar-refractivity contribution in [2.45, 2.75) is 19.6 Å². The van der Waals surface area contributed by atoms with Crippen LogP contribution in [0.3, 0.4) is 0 Å². The summed E-state index contributed by atoms with van der Waals surface area (Å²) in [7, 11) is 0. The van der Waals surface area contributed by atoms with Crippen molar-refractivity contribution in [3.05, 3.63) is 66.3 Å². The Morgan fingerprint density at radius 1 is 1.06 bits per heavy atom. The number of imidazole rings is 1. The third kappa shape index (κ3) is 3.80. The van der Waals surface area contributed by atoms with Crippen LogP contribution in [0.2, 0.25) is 0 Å². The number of halogens is 1. The average molecular weight is 489 g/mol. The van der Waals surface area contributed by atoms with E-state index in [1.165, 1.54) is 4.70 Å². The van der Waals surface area contributed by atoms with E-state index in [9.17, 15) is 4.39 Å². The summed E-state index contributed by atoms with van der Waals surface area (Å²) in [5.41, 5.74) is 2.78. The number of nitrogens with zero attached hydrogens (tertiary/aromatic N) is 5. The first-order chi connectivity index (χ1) is 17.2. The lowest BCUT2D eigenvalue weighted by molar-refractivity contribution is 0.122. The van der Waals surface area contributed by atoms with E-state index in [1.54, 1.807) is 23.5 Å². The zero-order valence-corrected chi connectivity index (χ0v) is 20.0. The van der Waals surface area contributed by atoms with Crippen molar-refractivity contribution in [3.8, 4) is 10.4 Å². The van der Waals surface area contributed by atoms with E-state index in [0.29, 0.717) is 13.2 Å². The molecule has 1 saturated heterocycles. The van der Waals surface area contributed by atoms with Crippen LogP contribution in [0.5, 0.6) is 0 Å². The normalized spacial score (nSPS) is 16.9. The third-order valence-corrected chi connectivity index (χ3v) is 8.08. The first kappa shape index (κ1) is 21.0. The molecule has 0 unspecified atom stereocenters. The molecule has 6 heterocycles. The van der Waals surface area contributed by atoms with Crippen LogP contribution in [0.25, 0.3) is 31.4 Å². The standard InChI is InChI=1S/C26H25FN6OS/c27-17-11-20(19-1-2-28-22(19)12-17)24-14-21-23(35-24)13-18(30-26(21)33-7-9-34-10-8-33)15-31-5-6-32-4-3-29-25(32)16-31/h1-4,11-14,28H,5-10,15-16H2. The molecule has 7 rings (SSSR count). The van der Waals surface area contributed by atoms with E-state index in [-0.39, 0.29) is 5.82 Å². The Hall–Kier alpha value is -3.27. The van der Waals surface area contributed by atoms with E-state index in [0.717, 1.165) is 83.3 Å². The van der Waals surface area contributed by atoms with Gasteiger partial charge in [0.2, 0.25) is 0 Å². The van der Waals surface area contributed by atoms with Crippen molar-refractivity contribution in [1.29, 1.82) is 0 Å². The van der Waals surface area contributed by atoms with E-state index < -0.39 is 0 Å². The Morgan fingerprint density at radius 2 is 1.97 bits per heavy atom. The Kier molecular flexibility index (Phi) is 5.08. The van der Waals surface area contributed by atoms with Crippen LogP contribution < -0.4 is 4.90 Å². The molecule has 1 fully saturated rings. The fraction of sp³-hybridized carbons (Fsp3) is 0.308. The molecule has 9 heteroatoms. The maximum atomic E-state index is 14.4. The second-order valence-corrected chi connectivity index (χ2v) is 10.3. The topological polar surface area (TPSA) is 62.2 Å². The van der Waals surface area contributed by atoms with Gasteiger partial charge in [-0.2, -0.15) is 0 Å². The zero-order chi connectivity index (χ0) is 23.4. The molecule has 2 aliphatic rings. The van der Waals surface area contributed by atoms with Crippen LogP contribution in [-0.4, -0.2) is 57.3 Å². The van der Waals surface area contributed by atoms with Gasteiger partial charge in [0.1, 0.15) is 17.5 Å². The van der Waals surface area contributed by atoms with E-state index in [2.05, 4.69) is 42.7 Å². The Balaban J connectivity index is 1.31. The van der Waals surface area contributed by atoms with Crippen molar-refractivity contribution >= 4 is 38.1 Å². The fourth-order valence-electron chi connectivity index (χ4n) is 5.22. The minimum Gasteiger partial charge on any atom is -0.378 e. The summed E-state index contributed by atoms with van der Waals surface area (Å²) in [6.07, 6.45) is 5.79. The molecule has 0 atom stereocenters. The molecular formula is C26H25FN6OS. The van der Waals surface area contributed by atoms with Crippen LogP contribution in [-0.2, 0) is 24.4 Å². The second-order valence-electron chi connectivity index (χ2n) is 9.20. The molecule has 178 valence electrons. The SMILES string of the molecule is Fc1cc(-c2cc3c(N4CCOCC4)nc(CN4CCn5ccnc5C4)cc3s2)c2cc[nH]c2c1. The number of morpholine rings is 1. The van der Waals surface area contributed by atoms with Crippen LogP contribution in [0.1, 0.15) is 11.5 Å². The van der Waals surface area contributed by atoms with Gasteiger partial charge in [-0.25, -0.2) is 14.4 Å². The number of nitrogens with one attached hydrogen (secondary N) is 1. The van der Waals surface area contributed by atoms with Gasteiger partial charge < -0.3 is 19.2 Å². The number of fused-ring (bicyclic) bond motifs is 3. The molecule has 2 aliphatic heterocycles. The van der Waals surface area contributed by atoms with E-state index >= 15 is 0 Å². The van der Waals surface area contributed by atoms with Crippen molar-refractivity contribution in [3.63, 3.8) is 0 Å². The van der Waals surface area contributed by atoms with Gasteiger partial charge in [0.15, 0.2) is 0 Å². The lowest BCUT2D eigenvalue weighted by Gasteiger charge is -2.30. The highest BCUT2D eigenvalue weighted by atomic mass is 32.1. The molecule has 0 radical (unpaired) electrons. The summed E-state index contributed by atoms with van der Waals surface area (Å²) in [5.74, 6) is 1.87. The van der Waals surface area contributed by atoms with Gasteiger partial charge >= 0.3 is 0 Å². The Bertz CT molecular complexity index is 1530. The Morgan fingerprint density at radius 3 is 2.89 bits per heavy atom. The largest absolute Gasteiger partial charge is 0.378 e. The van der Waals surface area contributed by atoms with Crippen LogP contribution in [0, 0.1) is 5.82 Å². The molecule has 1 aromatic carbocycles. The highest BCUT2D eigenvalue weighted by Gasteiger charge is 2.22. The van der Waals surface area contributed by atoms with Crippen molar-refractivity contribution in [2.75, 3.05) is 37.7 Å². The van der Waals surface area contributed by atoms with Crippen molar-refractivity contribution < 1.29 is 9.13 Å². The smallest absolute Gasteiger partial charge is 0.137 e. The molecule has 7 nitrogen and oxygen atoms in total. The van der Waals surface area contributed by atoms with Gasteiger partial charge in [-0.05, 0) is 30.3 Å². The molecule has 35 heavy (non-hydrogen) atoms. The van der Waals surface area contributed by atoms with Crippen molar-refractivity contribution in [2.24, 2.45) is 0 Å². The number of rotatable bonds is 4. The fourth-order valence-corrected chi connectivity index (χ4v) is 6.37. The van der Waals surface area contributed by atoms with Gasteiger partial charge in [-0.1, -0.05) is 0 Å². The number of hydrogen-bond donors (Lipinski definition) is 1. The molecule has 4 aromatic heterocycles. The van der Waals surface area contributed by atoms with Gasteiger partial charge in [-0.15, -0.1) is 11.3 Å². The predicted molar refractivity (Wildman–Crippen MR) is 136 cm³/mol. The maximum absolute atomic E-state index is 14.4. The van der Waals surface area contributed by atoms with Gasteiger partial charge in [0.25, 0.3) is 0 Å². The molecule has 0 bridgehead atoms. The number of ether oxygens (including phenoxy) is 1. The molecule has 1 N–H and O–H groups in total. The molecular weight excluding hydrogens is 463 g/mol. The summed E-state index contributed by atoms with van der Waals surface area (Å²) >= 11 is 1.71. The summed E-state index contributed by atoms with van der Waals surface area (Å²) in [4.78, 5) is 18.6. The first-order valence-electron chi connectivity index (χ1n) is 12.0. The summed E-state index contributed by atoms with van der Waals surface area (Å²) in [5, 5.41) is 2.15. The summed E-state index contributed by atoms with van der Waals surface area (Å²) in [6.45, 7) is 6.56. The summed E-state index contributed by atoms with van der Waals surface area (Å²) < 4.78 is 23.4. The quantitative estimate of drug-likeness (QED) is 0.400. The number of anilines is 1. The summed E-state index contributed by atoms with van der Waals surface area (Å²) in [6, 6.07) is 9.60. The number of aromatic amines is 1. The number of hydrogen-bond acceptors (Lipinski definition) is 6. The predicted octanol–water partition coefficient (Wildman–Crippen LogP) is 4.63. The van der Waals surface area contributed by atoms with Gasteiger partial charge in [0.05, 0.1) is 25.5 Å². The number of H-pyrrole nitrogens is 1. The van der Waals surface area contributed by atoms with E-state index in [4.69, 9.17) is 9.72 Å².